The molecular weight excluding hydrogens is 335 g/mol. The first-order valence-electron chi connectivity index (χ1n) is 2.15. The third-order valence-electron chi connectivity index (χ3n) is 0.743. The van der Waals surface area contributed by atoms with Gasteiger partial charge in [0.1, 0.15) is 9.21 Å². The van der Waals surface area contributed by atoms with Gasteiger partial charge in [0.15, 0.2) is 10.6 Å². The monoisotopic (exact) mass is 332 g/mol. The van der Waals surface area contributed by atoms with Gasteiger partial charge in [-0.1, -0.05) is 0 Å². The van der Waals surface area contributed by atoms with Gasteiger partial charge in [-0.15, -0.1) is 0 Å². The maximum absolute atomic E-state index is 12.7. The summed E-state index contributed by atoms with van der Waals surface area (Å²) in [5.74, 6) is -0.497. The molecule has 0 radical (unpaired) electrons. The van der Waals surface area contributed by atoms with Crippen molar-refractivity contribution in [3.8, 4) is 0 Å². The topological polar surface area (TPSA) is 25.8 Å². The quantitative estimate of drug-likeness (QED) is 0.538. The second-order valence-electron chi connectivity index (χ2n) is 1.39. The summed E-state index contributed by atoms with van der Waals surface area (Å²) in [5.41, 5.74) is 0. The van der Waals surface area contributed by atoms with Crippen LogP contribution < -0.4 is 0 Å². The van der Waals surface area contributed by atoms with Crippen LogP contribution in [0.15, 0.2) is 13.9 Å². The number of aromatic nitrogens is 2. The molecule has 0 saturated carbocycles. The molecule has 2 nitrogen and oxygen atoms in total. The summed E-state index contributed by atoms with van der Waals surface area (Å²) in [4.78, 5) is 7.30. The van der Waals surface area contributed by atoms with Gasteiger partial charge in [-0.05, 0) is 47.8 Å². The van der Waals surface area contributed by atoms with Gasteiger partial charge in [0.05, 0.1) is 0 Å². The number of hydrogen-bond donors (Lipinski definition) is 0. The zero-order valence-electron chi connectivity index (χ0n) is 4.41. The van der Waals surface area contributed by atoms with Crippen LogP contribution in [-0.2, 0) is 0 Å². The summed E-state index contributed by atoms with van der Waals surface area (Å²) in [7, 11) is 0. The molecule has 1 heterocycles. The highest BCUT2D eigenvalue weighted by Gasteiger charge is 2.07. The third kappa shape index (κ3) is 1.73. The Morgan fingerprint density at radius 2 is 1.40 bits per heavy atom. The molecule has 0 bridgehead atoms. The first-order chi connectivity index (χ1) is 4.61. The molecule has 0 aliphatic rings. The van der Waals surface area contributed by atoms with Crippen LogP contribution in [0.2, 0.25) is 0 Å². The van der Waals surface area contributed by atoms with E-state index in [0.29, 0.717) is 4.73 Å². The zero-order chi connectivity index (χ0) is 7.72. The lowest BCUT2D eigenvalue weighted by atomic mass is 10.6. The van der Waals surface area contributed by atoms with Gasteiger partial charge in [0.2, 0.25) is 0 Å². The van der Waals surface area contributed by atoms with Crippen LogP contribution in [0.4, 0.5) is 4.39 Å². The molecule has 1 aromatic rings. The Morgan fingerprint density at radius 3 is 1.80 bits per heavy atom. The summed E-state index contributed by atoms with van der Waals surface area (Å²) < 4.78 is 13.3. The Bertz CT molecular complexity index is 242. The van der Waals surface area contributed by atoms with Crippen LogP contribution in [0.3, 0.4) is 0 Å². The highest BCUT2D eigenvalue weighted by molar-refractivity contribution is 9.11. The van der Waals surface area contributed by atoms with Gasteiger partial charge < -0.3 is 0 Å². The molecule has 0 fully saturated rings. The van der Waals surface area contributed by atoms with E-state index in [1.54, 1.807) is 0 Å². The number of nitrogens with zero attached hydrogens (tertiary/aromatic N) is 2. The molecule has 0 unspecified atom stereocenters. The fourth-order valence-corrected chi connectivity index (χ4v) is 2.18. The maximum atomic E-state index is 12.7. The van der Waals surface area contributed by atoms with E-state index in [0.717, 1.165) is 0 Å². The highest BCUT2D eigenvalue weighted by Crippen LogP contribution is 2.21. The summed E-state index contributed by atoms with van der Waals surface area (Å²) >= 11 is 8.82. The minimum atomic E-state index is -0.497. The minimum Gasteiger partial charge on any atom is -0.212 e. The van der Waals surface area contributed by atoms with Crippen molar-refractivity contribution in [2.75, 3.05) is 0 Å². The van der Waals surface area contributed by atoms with Gasteiger partial charge in [0.25, 0.3) is 0 Å². The molecule has 1 aromatic heterocycles. The molecule has 0 aliphatic heterocycles. The van der Waals surface area contributed by atoms with E-state index in [1.165, 1.54) is 0 Å². The molecule has 0 aromatic carbocycles. The van der Waals surface area contributed by atoms with E-state index in [9.17, 15) is 4.39 Å². The third-order valence-corrected chi connectivity index (χ3v) is 2.15. The number of rotatable bonds is 0. The van der Waals surface area contributed by atoms with Crippen molar-refractivity contribution in [1.82, 2.24) is 9.97 Å². The average molecular weight is 335 g/mol. The van der Waals surface area contributed by atoms with Gasteiger partial charge in [0, 0.05) is 0 Å². The van der Waals surface area contributed by atoms with Crippen molar-refractivity contribution in [3.63, 3.8) is 0 Å². The Kier molecular flexibility index (Phi) is 2.76. The van der Waals surface area contributed by atoms with Gasteiger partial charge >= 0.3 is 0 Å². The number of hydrogen-bond acceptors (Lipinski definition) is 2. The normalized spacial score (nSPS) is 10.0. The Labute approximate surface area is 81.6 Å². The summed E-state index contributed by atoms with van der Waals surface area (Å²) in [5, 5.41) is 0. The predicted octanol–water partition coefficient (Wildman–Crippen LogP) is 2.90. The van der Waals surface area contributed by atoms with Gasteiger partial charge in [-0.25, -0.2) is 14.4 Å². The molecule has 0 amide bonds. The molecule has 0 N–H and O–H groups in total. The lowest BCUT2D eigenvalue weighted by Gasteiger charge is -1.95. The standard InChI is InChI=1S/C4Br3FN2/c5-2-1(8)3(6)10-4(7)9-2. The van der Waals surface area contributed by atoms with Crippen molar-refractivity contribution in [1.29, 1.82) is 0 Å². The molecular formula is C4Br3FN2. The second kappa shape index (κ2) is 3.23. The first-order valence-corrected chi connectivity index (χ1v) is 4.53. The fourth-order valence-electron chi connectivity index (χ4n) is 0.370. The summed E-state index contributed by atoms with van der Waals surface area (Å²) in [6.07, 6.45) is 0. The SMILES string of the molecule is Fc1c(Br)nc(Br)nc1Br. The summed E-state index contributed by atoms with van der Waals surface area (Å²) in [6.45, 7) is 0. The molecule has 0 spiro atoms. The molecule has 1 rings (SSSR count). The van der Waals surface area contributed by atoms with Crippen LogP contribution in [-0.4, -0.2) is 9.97 Å². The molecule has 54 valence electrons. The van der Waals surface area contributed by atoms with Crippen LogP contribution in [0, 0.1) is 5.82 Å². The van der Waals surface area contributed by atoms with Crippen LogP contribution in [0.25, 0.3) is 0 Å². The molecule has 0 atom stereocenters. The van der Waals surface area contributed by atoms with Crippen LogP contribution in [0.1, 0.15) is 0 Å². The molecule has 0 saturated heterocycles. The maximum Gasteiger partial charge on any atom is 0.198 e. The van der Waals surface area contributed by atoms with E-state index in [1.807, 2.05) is 0 Å². The van der Waals surface area contributed by atoms with Crippen molar-refractivity contribution in [2.45, 2.75) is 0 Å². The largest absolute Gasteiger partial charge is 0.212 e. The van der Waals surface area contributed by atoms with E-state index in [2.05, 4.69) is 57.8 Å². The van der Waals surface area contributed by atoms with E-state index >= 15 is 0 Å². The lowest BCUT2D eigenvalue weighted by Crippen LogP contribution is -1.90. The van der Waals surface area contributed by atoms with Crippen molar-refractivity contribution >= 4 is 47.8 Å². The number of halogens is 4. The Balaban J connectivity index is 3.31. The first kappa shape index (κ1) is 8.55. The van der Waals surface area contributed by atoms with Crippen molar-refractivity contribution < 1.29 is 4.39 Å². The van der Waals surface area contributed by atoms with Crippen molar-refractivity contribution in [2.24, 2.45) is 0 Å². The zero-order valence-corrected chi connectivity index (χ0v) is 9.16. The second-order valence-corrected chi connectivity index (χ2v) is 3.60. The highest BCUT2D eigenvalue weighted by atomic mass is 79.9. The Morgan fingerprint density at radius 1 is 1.00 bits per heavy atom. The molecule has 6 heteroatoms. The van der Waals surface area contributed by atoms with Gasteiger partial charge in [-0.3, -0.25) is 0 Å². The van der Waals surface area contributed by atoms with E-state index in [4.69, 9.17) is 0 Å². The molecule has 0 aliphatic carbocycles. The van der Waals surface area contributed by atoms with E-state index in [-0.39, 0.29) is 9.21 Å². The molecule has 10 heavy (non-hydrogen) atoms. The predicted molar refractivity (Wildman–Crippen MR) is 45.1 cm³/mol. The van der Waals surface area contributed by atoms with E-state index < -0.39 is 5.82 Å². The lowest BCUT2D eigenvalue weighted by molar-refractivity contribution is 0.593. The smallest absolute Gasteiger partial charge is 0.198 e. The van der Waals surface area contributed by atoms with Crippen molar-refractivity contribution in [3.05, 3.63) is 19.8 Å². The minimum absolute atomic E-state index is 0.140. The fraction of sp³-hybridized carbons (Fsp3) is 0. The average Bonchev–Trinajstić information content (AvgIpc) is 1.82. The Hall–Kier alpha value is 0.450. The van der Waals surface area contributed by atoms with Gasteiger partial charge in [-0.2, -0.15) is 0 Å². The summed E-state index contributed by atoms with van der Waals surface area (Å²) in [6, 6.07) is 0. The van der Waals surface area contributed by atoms with Crippen LogP contribution in [0.5, 0.6) is 0 Å². The van der Waals surface area contributed by atoms with Crippen LogP contribution >= 0.6 is 47.8 Å².